The second-order valence-corrected chi connectivity index (χ2v) is 7.41. The maximum Gasteiger partial charge on any atom is 0.00407 e. The average Bonchev–Trinajstić information content (AvgIpc) is 2.38. The number of hydrogen-bond acceptors (Lipinski definition) is 2. The van der Waals surface area contributed by atoms with E-state index in [1.165, 1.54) is 45.4 Å². The molecule has 108 valence electrons. The molecule has 0 aromatic rings. The lowest BCUT2D eigenvalue weighted by molar-refractivity contribution is -0.0182. The summed E-state index contributed by atoms with van der Waals surface area (Å²) in [6.45, 7) is 12.7. The molecule has 1 heterocycles. The van der Waals surface area contributed by atoms with Crippen LogP contribution in [0.5, 0.6) is 0 Å². The van der Waals surface area contributed by atoms with Gasteiger partial charge in [-0.2, -0.15) is 0 Å². The molecule has 2 nitrogen and oxygen atoms in total. The quantitative estimate of drug-likeness (QED) is 0.777. The van der Waals surface area contributed by atoms with Crippen LogP contribution >= 0.6 is 12.4 Å². The fourth-order valence-electron chi connectivity index (χ4n) is 3.92. The Kier molecular flexibility index (Phi) is 5.13. The Morgan fingerprint density at radius 2 is 1.89 bits per heavy atom. The van der Waals surface area contributed by atoms with Gasteiger partial charge >= 0.3 is 0 Å². The molecular formula is C15H31ClN2. The molecule has 1 saturated carbocycles. The van der Waals surface area contributed by atoms with Crippen LogP contribution in [0.25, 0.3) is 0 Å². The maximum absolute atomic E-state index is 2.73. The van der Waals surface area contributed by atoms with Gasteiger partial charge in [0.2, 0.25) is 0 Å². The van der Waals surface area contributed by atoms with Crippen molar-refractivity contribution < 1.29 is 0 Å². The first-order valence-electron chi connectivity index (χ1n) is 7.22. The Labute approximate surface area is 120 Å². The lowest BCUT2D eigenvalue weighted by atomic mass is 9.63. The molecule has 1 aliphatic carbocycles. The molecule has 0 spiro atoms. The van der Waals surface area contributed by atoms with Crippen molar-refractivity contribution in [2.75, 3.05) is 40.3 Å². The Balaban J connectivity index is 0.00000162. The number of halogens is 1. The highest BCUT2D eigenvalue weighted by Crippen LogP contribution is 2.58. The fraction of sp³-hybridized carbons (Fsp3) is 1.00. The van der Waals surface area contributed by atoms with Crippen molar-refractivity contribution >= 4 is 12.4 Å². The van der Waals surface area contributed by atoms with Crippen LogP contribution in [0.4, 0.5) is 0 Å². The van der Waals surface area contributed by atoms with Gasteiger partial charge in [-0.1, -0.05) is 20.8 Å². The summed E-state index contributed by atoms with van der Waals surface area (Å²) >= 11 is 0. The van der Waals surface area contributed by atoms with Gasteiger partial charge in [-0.3, -0.25) is 0 Å². The van der Waals surface area contributed by atoms with Crippen molar-refractivity contribution in [3.63, 3.8) is 0 Å². The van der Waals surface area contributed by atoms with Crippen molar-refractivity contribution in [3.8, 4) is 0 Å². The summed E-state index contributed by atoms with van der Waals surface area (Å²) < 4.78 is 0. The molecule has 0 aromatic heterocycles. The minimum absolute atomic E-state index is 0. The molecule has 0 radical (unpaired) electrons. The van der Waals surface area contributed by atoms with E-state index in [0.29, 0.717) is 10.8 Å². The van der Waals surface area contributed by atoms with E-state index in [1.807, 2.05) is 0 Å². The molecule has 0 unspecified atom stereocenters. The lowest BCUT2D eigenvalue weighted by Crippen LogP contribution is -2.52. The van der Waals surface area contributed by atoms with Crippen LogP contribution < -0.4 is 0 Å². The zero-order chi connectivity index (χ0) is 12.7. The van der Waals surface area contributed by atoms with E-state index in [9.17, 15) is 0 Å². The molecular weight excluding hydrogens is 244 g/mol. The van der Waals surface area contributed by atoms with Gasteiger partial charge in [0.1, 0.15) is 0 Å². The number of hydrogen-bond donors (Lipinski definition) is 0. The Morgan fingerprint density at radius 3 is 2.44 bits per heavy atom. The van der Waals surface area contributed by atoms with Gasteiger partial charge in [0, 0.05) is 13.1 Å². The number of nitrogens with zero attached hydrogens (tertiary/aromatic N) is 2. The normalized spacial score (nSPS) is 34.7. The van der Waals surface area contributed by atoms with Gasteiger partial charge in [0.05, 0.1) is 0 Å². The predicted molar refractivity (Wildman–Crippen MR) is 81.5 cm³/mol. The van der Waals surface area contributed by atoms with Crippen molar-refractivity contribution in [2.45, 2.75) is 40.0 Å². The molecule has 2 rings (SSSR count). The Morgan fingerprint density at radius 1 is 1.22 bits per heavy atom. The summed E-state index contributed by atoms with van der Waals surface area (Å²) in [5.41, 5.74) is 1.12. The highest BCUT2D eigenvalue weighted by atomic mass is 35.5. The third-order valence-electron chi connectivity index (χ3n) is 5.75. The van der Waals surface area contributed by atoms with Crippen LogP contribution in [-0.2, 0) is 0 Å². The Hall–Kier alpha value is 0.210. The van der Waals surface area contributed by atoms with Gasteiger partial charge < -0.3 is 9.80 Å². The largest absolute Gasteiger partial charge is 0.309 e. The van der Waals surface area contributed by atoms with Crippen LogP contribution in [0.15, 0.2) is 0 Å². The second kappa shape index (κ2) is 5.68. The van der Waals surface area contributed by atoms with Gasteiger partial charge in [0.25, 0.3) is 0 Å². The molecule has 2 fully saturated rings. The van der Waals surface area contributed by atoms with Crippen molar-refractivity contribution in [1.29, 1.82) is 0 Å². The van der Waals surface area contributed by atoms with E-state index in [-0.39, 0.29) is 12.4 Å². The van der Waals surface area contributed by atoms with Crippen molar-refractivity contribution in [1.82, 2.24) is 9.80 Å². The fourth-order valence-corrected chi connectivity index (χ4v) is 3.92. The van der Waals surface area contributed by atoms with Gasteiger partial charge in [-0.05, 0) is 63.2 Å². The molecule has 18 heavy (non-hydrogen) atoms. The van der Waals surface area contributed by atoms with Crippen molar-refractivity contribution in [3.05, 3.63) is 0 Å². The van der Waals surface area contributed by atoms with Crippen LogP contribution in [0, 0.1) is 16.7 Å². The van der Waals surface area contributed by atoms with E-state index >= 15 is 0 Å². The van der Waals surface area contributed by atoms with E-state index in [1.54, 1.807) is 0 Å². The third kappa shape index (κ3) is 2.86. The number of fused-ring (bicyclic) bond motifs is 2. The first-order chi connectivity index (χ1) is 7.85. The van der Waals surface area contributed by atoms with E-state index in [2.05, 4.69) is 44.7 Å². The first kappa shape index (κ1) is 16.3. The minimum atomic E-state index is 0. The van der Waals surface area contributed by atoms with E-state index in [4.69, 9.17) is 0 Å². The van der Waals surface area contributed by atoms with Crippen LogP contribution in [0.3, 0.4) is 0 Å². The molecule has 1 saturated heterocycles. The molecule has 1 aliphatic heterocycles. The summed E-state index contributed by atoms with van der Waals surface area (Å²) in [7, 11) is 4.34. The van der Waals surface area contributed by atoms with Crippen molar-refractivity contribution in [2.24, 2.45) is 16.7 Å². The zero-order valence-corrected chi connectivity index (χ0v) is 13.6. The summed E-state index contributed by atoms with van der Waals surface area (Å²) in [5, 5.41) is 0. The zero-order valence-electron chi connectivity index (χ0n) is 12.8. The minimum Gasteiger partial charge on any atom is -0.309 e. The van der Waals surface area contributed by atoms with Crippen LogP contribution in [0.2, 0.25) is 0 Å². The molecule has 0 aromatic carbocycles. The van der Waals surface area contributed by atoms with Gasteiger partial charge in [-0.25, -0.2) is 0 Å². The standard InChI is InChI=1S/C15H30N2.ClH/c1-14(2)13-7-8-15(14,3)12-17(11-13)10-6-9-16(4)5;/h13H,6-12H2,1-5H3;1H/t13-,15+;/m1./s1. The molecule has 2 atom stereocenters. The summed E-state index contributed by atoms with van der Waals surface area (Å²) in [6, 6.07) is 0. The van der Waals surface area contributed by atoms with E-state index < -0.39 is 0 Å². The highest BCUT2D eigenvalue weighted by Gasteiger charge is 2.54. The molecule has 0 amide bonds. The van der Waals surface area contributed by atoms with Gasteiger partial charge in [-0.15, -0.1) is 12.4 Å². The van der Waals surface area contributed by atoms with E-state index in [0.717, 1.165) is 5.92 Å². The summed E-state index contributed by atoms with van der Waals surface area (Å²) in [6.07, 6.45) is 4.21. The second-order valence-electron chi connectivity index (χ2n) is 7.41. The van der Waals surface area contributed by atoms with Gasteiger partial charge in [0.15, 0.2) is 0 Å². The molecule has 2 bridgehead atoms. The third-order valence-corrected chi connectivity index (χ3v) is 5.75. The smallest absolute Gasteiger partial charge is 0.00407 e. The summed E-state index contributed by atoms with van der Waals surface area (Å²) in [5.74, 6) is 0.931. The SMILES string of the molecule is CN(C)CCCN1C[C@H]2CC[C@@](C)(C1)C2(C)C.Cl. The molecule has 3 heteroatoms. The first-order valence-corrected chi connectivity index (χ1v) is 7.22. The Bertz CT molecular complexity index is 278. The van der Waals surface area contributed by atoms with Crippen LogP contribution in [-0.4, -0.2) is 50.1 Å². The maximum atomic E-state index is 2.73. The number of rotatable bonds is 4. The molecule has 2 aliphatic rings. The average molecular weight is 275 g/mol. The highest BCUT2D eigenvalue weighted by molar-refractivity contribution is 5.85. The number of piperidine rings is 1. The summed E-state index contributed by atoms with van der Waals surface area (Å²) in [4.78, 5) is 5.02. The number of likely N-dealkylation sites (tertiary alicyclic amines) is 1. The lowest BCUT2D eigenvalue weighted by Gasteiger charge is -2.50. The van der Waals surface area contributed by atoms with Crippen LogP contribution in [0.1, 0.15) is 40.0 Å². The monoisotopic (exact) mass is 274 g/mol. The predicted octanol–water partition coefficient (Wildman–Crippen LogP) is 3.12. The molecule has 0 N–H and O–H groups in total. The topological polar surface area (TPSA) is 6.48 Å².